The van der Waals surface area contributed by atoms with Gasteiger partial charge in [-0.1, -0.05) is 60.5 Å². The third-order valence-corrected chi connectivity index (χ3v) is 8.74. The number of aryl methyl sites for hydroxylation is 1. The molecule has 0 aliphatic carbocycles. The zero-order chi connectivity index (χ0) is 28.7. The van der Waals surface area contributed by atoms with Crippen molar-refractivity contribution in [2.45, 2.75) is 57.6 Å². The number of carbonyl (C=O) groups is 2. The number of sulfonamides is 1. The molecule has 0 saturated heterocycles. The molecule has 0 heterocycles. The molecular weight excluding hydrogens is 557 g/mol. The van der Waals surface area contributed by atoms with E-state index in [1.165, 1.54) is 29.2 Å². The number of halogens is 2. The number of hydrogen-bond donors (Lipinski definition) is 1. The van der Waals surface area contributed by atoms with Crippen molar-refractivity contribution < 1.29 is 18.0 Å². The quantitative estimate of drug-likeness (QED) is 0.305. The van der Waals surface area contributed by atoms with Crippen molar-refractivity contribution in [3.05, 3.63) is 94.0 Å². The second-order valence-corrected chi connectivity index (χ2v) is 12.1. The molecule has 0 bridgehead atoms. The molecule has 10 heteroatoms. The van der Waals surface area contributed by atoms with Crippen LogP contribution in [-0.2, 0) is 26.2 Å². The van der Waals surface area contributed by atoms with Gasteiger partial charge in [0, 0.05) is 22.6 Å². The van der Waals surface area contributed by atoms with Crippen LogP contribution in [-0.4, -0.2) is 43.8 Å². The molecule has 1 N–H and O–H groups in total. The van der Waals surface area contributed by atoms with E-state index in [-0.39, 0.29) is 23.4 Å². The molecule has 3 aromatic rings. The van der Waals surface area contributed by atoms with Crippen LogP contribution >= 0.6 is 23.2 Å². The average Bonchev–Trinajstić information content (AvgIpc) is 2.90. The summed E-state index contributed by atoms with van der Waals surface area (Å²) < 4.78 is 28.8. The fourth-order valence-electron chi connectivity index (χ4n) is 3.97. The Bertz CT molecular complexity index is 1410. The standard InChI is InChI=1S/C29H33Cl2N3O4S/c1-5-21(3)32-29(36)22(4)33(18-23-10-8-11-25(31)17-23)28(35)19-34(27-12-7-6-9-20(27)2)39(37,38)26-15-13-24(30)14-16-26/h6-17,21-22H,5,18-19H2,1-4H3,(H,32,36)/t21-,22-/m0/s1. The summed E-state index contributed by atoms with van der Waals surface area (Å²) in [5.41, 5.74) is 1.74. The molecule has 0 radical (unpaired) electrons. The SMILES string of the molecule is CC[C@H](C)NC(=O)[C@H](C)N(Cc1cccc(Cl)c1)C(=O)CN(c1ccccc1C)S(=O)(=O)c1ccc(Cl)cc1. The largest absolute Gasteiger partial charge is 0.352 e. The number of nitrogens with zero attached hydrogens (tertiary/aromatic N) is 2. The van der Waals surface area contributed by atoms with Gasteiger partial charge in [0.1, 0.15) is 12.6 Å². The Labute approximate surface area is 240 Å². The Hall–Kier alpha value is -3.07. The van der Waals surface area contributed by atoms with Gasteiger partial charge < -0.3 is 10.2 Å². The molecule has 3 aromatic carbocycles. The van der Waals surface area contributed by atoms with Crippen molar-refractivity contribution in [2.75, 3.05) is 10.8 Å². The van der Waals surface area contributed by atoms with Crippen molar-refractivity contribution in [1.82, 2.24) is 10.2 Å². The Morgan fingerprint density at radius 1 is 0.923 bits per heavy atom. The fraction of sp³-hybridized carbons (Fsp3) is 0.310. The van der Waals surface area contributed by atoms with Gasteiger partial charge in [-0.15, -0.1) is 0 Å². The molecule has 0 fully saturated rings. The van der Waals surface area contributed by atoms with E-state index in [1.807, 2.05) is 13.8 Å². The van der Waals surface area contributed by atoms with Gasteiger partial charge in [-0.05, 0) is 80.8 Å². The van der Waals surface area contributed by atoms with E-state index in [1.54, 1.807) is 62.4 Å². The van der Waals surface area contributed by atoms with E-state index >= 15 is 0 Å². The number of amides is 2. The van der Waals surface area contributed by atoms with E-state index < -0.39 is 28.5 Å². The Kier molecular flexibility index (Phi) is 10.4. The molecule has 0 aliphatic rings. The highest BCUT2D eigenvalue weighted by Gasteiger charge is 2.33. The summed E-state index contributed by atoms with van der Waals surface area (Å²) in [6.45, 7) is 6.79. The first-order valence-corrected chi connectivity index (χ1v) is 14.8. The maximum absolute atomic E-state index is 13.9. The molecule has 0 aliphatic heterocycles. The third kappa shape index (κ3) is 7.75. The third-order valence-electron chi connectivity index (χ3n) is 6.47. The number of carbonyl (C=O) groups excluding carboxylic acids is 2. The van der Waals surface area contributed by atoms with Crippen LogP contribution in [0.3, 0.4) is 0 Å². The first kappa shape index (κ1) is 30.5. The summed E-state index contributed by atoms with van der Waals surface area (Å²) in [5.74, 6) is -0.870. The number of para-hydroxylation sites is 1. The molecule has 2 atom stereocenters. The highest BCUT2D eigenvalue weighted by Crippen LogP contribution is 2.28. The van der Waals surface area contributed by atoms with Crippen LogP contribution in [0.2, 0.25) is 10.0 Å². The molecule has 7 nitrogen and oxygen atoms in total. The minimum atomic E-state index is -4.16. The van der Waals surface area contributed by atoms with Crippen LogP contribution in [0.25, 0.3) is 0 Å². The van der Waals surface area contributed by atoms with Crippen LogP contribution in [0.4, 0.5) is 5.69 Å². The van der Waals surface area contributed by atoms with E-state index in [9.17, 15) is 18.0 Å². The van der Waals surface area contributed by atoms with Gasteiger partial charge in [-0.3, -0.25) is 13.9 Å². The first-order chi connectivity index (χ1) is 18.4. The zero-order valence-electron chi connectivity index (χ0n) is 22.4. The number of benzene rings is 3. The first-order valence-electron chi connectivity index (χ1n) is 12.6. The zero-order valence-corrected chi connectivity index (χ0v) is 24.7. The van der Waals surface area contributed by atoms with E-state index in [0.717, 1.165) is 10.7 Å². The van der Waals surface area contributed by atoms with E-state index in [4.69, 9.17) is 23.2 Å². The number of rotatable bonds is 11. The number of nitrogens with one attached hydrogen (secondary N) is 1. The van der Waals surface area contributed by atoms with Gasteiger partial charge in [0.25, 0.3) is 10.0 Å². The smallest absolute Gasteiger partial charge is 0.264 e. The maximum Gasteiger partial charge on any atom is 0.264 e. The summed E-state index contributed by atoms with van der Waals surface area (Å²) in [5, 5.41) is 3.79. The van der Waals surface area contributed by atoms with Crippen LogP contribution in [0.15, 0.2) is 77.7 Å². The molecule has 39 heavy (non-hydrogen) atoms. The van der Waals surface area contributed by atoms with E-state index in [0.29, 0.717) is 26.9 Å². The van der Waals surface area contributed by atoms with Crippen molar-refractivity contribution in [2.24, 2.45) is 0 Å². The summed E-state index contributed by atoms with van der Waals surface area (Å²) in [6.07, 6.45) is 0.723. The van der Waals surface area contributed by atoms with Crippen molar-refractivity contribution in [3.8, 4) is 0 Å². The van der Waals surface area contributed by atoms with Crippen molar-refractivity contribution in [1.29, 1.82) is 0 Å². The molecule has 0 spiro atoms. The van der Waals surface area contributed by atoms with Crippen LogP contribution in [0.5, 0.6) is 0 Å². The lowest BCUT2D eigenvalue weighted by atomic mass is 10.1. The fourth-order valence-corrected chi connectivity index (χ4v) is 5.79. The molecule has 2 amide bonds. The molecular formula is C29H33Cl2N3O4S. The predicted octanol–water partition coefficient (Wildman–Crippen LogP) is 5.83. The molecule has 208 valence electrons. The van der Waals surface area contributed by atoms with Gasteiger partial charge in [-0.25, -0.2) is 8.42 Å². The number of hydrogen-bond acceptors (Lipinski definition) is 4. The van der Waals surface area contributed by atoms with Gasteiger partial charge in [-0.2, -0.15) is 0 Å². The van der Waals surface area contributed by atoms with Crippen molar-refractivity contribution in [3.63, 3.8) is 0 Å². The monoisotopic (exact) mass is 589 g/mol. The highest BCUT2D eigenvalue weighted by molar-refractivity contribution is 7.92. The van der Waals surface area contributed by atoms with Crippen molar-refractivity contribution >= 4 is 50.7 Å². The van der Waals surface area contributed by atoms with Crippen LogP contribution < -0.4 is 9.62 Å². The summed E-state index contributed by atoms with van der Waals surface area (Å²) in [4.78, 5) is 28.4. The molecule has 3 rings (SSSR count). The second kappa shape index (κ2) is 13.3. The van der Waals surface area contributed by atoms with Gasteiger partial charge in [0.2, 0.25) is 11.8 Å². The highest BCUT2D eigenvalue weighted by atomic mass is 35.5. The normalized spacial score (nSPS) is 12.9. The second-order valence-electron chi connectivity index (χ2n) is 9.40. The van der Waals surface area contributed by atoms with E-state index in [2.05, 4.69) is 5.32 Å². The lowest BCUT2D eigenvalue weighted by molar-refractivity contribution is -0.139. The topological polar surface area (TPSA) is 86.8 Å². The summed E-state index contributed by atoms with van der Waals surface area (Å²) in [7, 11) is -4.16. The molecule has 0 saturated carbocycles. The lowest BCUT2D eigenvalue weighted by Gasteiger charge is -2.33. The van der Waals surface area contributed by atoms with Crippen LogP contribution in [0.1, 0.15) is 38.3 Å². The minimum absolute atomic E-state index is 0.00749. The maximum atomic E-state index is 13.9. The molecule has 0 aromatic heterocycles. The lowest BCUT2D eigenvalue weighted by Crippen LogP contribution is -2.52. The predicted molar refractivity (Wildman–Crippen MR) is 157 cm³/mol. The van der Waals surface area contributed by atoms with Crippen LogP contribution in [0, 0.1) is 6.92 Å². The van der Waals surface area contributed by atoms with Gasteiger partial charge >= 0.3 is 0 Å². The van der Waals surface area contributed by atoms with Gasteiger partial charge in [0.05, 0.1) is 10.6 Å². The Morgan fingerprint density at radius 3 is 2.21 bits per heavy atom. The Balaban J connectivity index is 2.04. The summed E-state index contributed by atoms with van der Waals surface area (Å²) >= 11 is 12.2. The van der Waals surface area contributed by atoms with Gasteiger partial charge in [0.15, 0.2) is 0 Å². The average molecular weight is 591 g/mol. The Morgan fingerprint density at radius 2 is 1.59 bits per heavy atom. The minimum Gasteiger partial charge on any atom is -0.352 e. The molecule has 0 unspecified atom stereocenters. The summed E-state index contributed by atoms with van der Waals surface area (Å²) in [6, 6.07) is 18.7. The number of anilines is 1.